The van der Waals surface area contributed by atoms with Gasteiger partial charge in [-0.1, -0.05) is 40.2 Å². The van der Waals surface area contributed by atoms with Crippen LogP contribution in [0.15, 0.2) is 53.1 Å². The molecule has 3 aromatic rings. The summed E-state index contributed by atoms with van der Waals surface area (Å²) < 4.78 is 0.775. The number of aromatic nitrogens is 1. The summed E-state index contributed by atoms with van der Waals surface area (Å²) in [7, 11) is 0. The number of carbonyl (C=O) groups is 3. The maximum atomic E-state index is 13.4. The van der Waals surface area contributed by atoms with E-state index in [1.54, 1.807) is 6.20 Å². The molecule has 1 amide bonds. The van der Waals surface area contributed by atoms with E-state index in [2.05, 4.69) is 26.2 Å². The van der Waals surface area contributed by atoms with E-state index in [1.165, 1.54) is 13.8 Å². The highest BCUT2D eigenvalue weighted by Gasteiger charge is 2.20. The maximum Gasteiger partial charge on any atom is 0.256 e. The van der Waals surface area contributed by atoms with Crippen molar-refractivity contribution in [3.05, 3.63) is 69.8 Å². The fraction of sp³-hybridized carbons (Fsp3) is 0.250. The number of aryl methyl sites for hydroxylation is 1. The lowest BCUT2D eigenvalue weighted by Crippen LogP contribution is -2.18. The topological polar surface area (TPSA) is 76.1 Å². The van der Waals surface area contributed by atoms with Gasteiger partial charge in [0.1, 0.15) is 11.6 Å². The molecule has 0 saturated carbocycles. The number of para-hydroxylation sites is 1. The van der Waals surface area contributed by atoms with Crippen molar-refractivity contribution in [2.24, 2.45) is 0 Å². The van der Waals surface area contributed by atoms with Crippen molar-refractivity contribution in [3.63, 3.8) is 0 Å². The molecule has 0 aliphatic rings. The number of nitrogens with zero attached hydrogens (tertiary/aromatic N) is 1. The third-order valence-corrected chi connectivity index (χ3v) is 5.67. The first-order valence-corrected chi connectivity index (χ1v) is 10.6. The number of hydrogen-bond donors (Lipinski definition) is 1. The lowest BCUT2D eigenvalue weighted by atomic mass is 9.93. The molecule has 1 aromatic heterocycles. The molecule has 0 saturated heterocycles. The Hall–Kier alpha value is -2.86. The molecule has 3 rings (SSSR count). The minimum atomic E-state index is -0.272. The average molecular weight is 467 g/mol. The Kier molecular flexibility index (Phi) is 7.11. The molecule has 30 heavy (non-hydrogen) atoms. The van der Waals surface area contributed by atoms with Gasteiger partial charge in [-0.2, -0.15) is 0 Å². The van der Waals surface area contributed by atoms with Crippen molar-refractivity contribution in [2.45, 2.75) is 39.5 Å². The highest BCUT2D eigenvalue weighted by Crippen LogP contribution is 2.29. The van der Waals surface area contributed by atoms with E-state index in [1.807, 2.05) is 42.5 Å². The minimum absolute atomic E-state index is 0.0562. The Balaban J connectivity index is 2.03. The van der Waals surface area contributed by atoms with Crippen LogP contribution in [0.25, 0.3) is 10.9 Å². The molecule has 6 heteroatoms. The maximum absolute atomic E-state index is 13.4. The third kappa shape index (κ3) is 5.19. The molecule has 0 spiro atoms. The van der Waals surface area contributed by atoms with E-state index in [0.29, 0.717) is 42.5 Å². The molecule has 1 N–H and O–H groups in total. The number of rotatable bonds is 8. The summed E-state index contributed by atoms with van der Waals surface area (Å²) >= 11 is 3.53. The van der Waals surface area contributed by atoms with Gasteiger partial charge in [0.25, 0.3) is 5.91 Å². The molecule has 1 heterocycles. The average Bonchev–Trinajstić information content (AvgIpc) is 2.71. The summed E-state index contributed by atoms with van der Waals surface area (Å²) in [5.41, 5.74) is 3.40. The van der Waals surface area contributed by atoms with Crippen molar-refractivity contribution >= 4 is 50.0 Å². The molecule has 0 atom stereocenters. The van der Waals surface area contributed by atoms with Crippen LogP contribution in [0.4, 0.5) is 5.69 Å². The Bertz CT molecular complexity index is 1120. The van der Waals surface area contributed by atoms with Crippen molar-refractivity contribution in [1.82, 2.24) is 4.98 Å². The van der Waals surface area contributed by atoms with Gasteiger partial charge in [0, 0.05) is 34.5 Å². The van der Waals surface area contributed by atoms with E-state index in [9.17, 15) is 14.4 Å². The van der Waals surface area contributed by atoms with E-state index < -0.39 is 0 Å². The van der Waals surface area contributed by atoms with Gasteiger partial charge in [0.05, 0.1) is 11.2 Å². The van der Waals surface area contributed by atoms with Crippen LogP contribution in [-0.4, -0.2) is 22.5 Å². The van der Waals surface area contributed by atoms with Crippen LogP contribution >= 0.6 is 15.9 Å². The number of fused-ring (bicyclic) bond motifs is 1. The summed E-state index contributed by atoms with van der Waals surface area (Å²) in [6.45, 7) is 3.08. The number of Topliss-reactive ketones (excluding diaryl/α,β-unsaturated/α-hetero) is 2. The number of amides is 1. The number of hydrogen-bond acceptors (Lipinski definition) is 4. The molecule has 0 aliphatic carbocycles. The summed E-state index contributed by atoms with van der Waals surface area (Å²) in [4.78, 5) is 40.9. The lowest BCUT2D eigenvalue weighted by molar-refractivity contribution is -0.117. The number of ketones is 2. The van der Waals surface area contributed by atoms with Crippen molar-refractivity contribution in [3.8, 4) is 0 Å². The molecule has 154 valence electrons. The SMILES string of the molecule is CC(=O)CCc1ccc(Br)c(CCC(C)=O)c1C(=O)Nc1cccc2cccnc12. The first-order valence-electron chi connectivity index (χ1n) is 9.81. The van der Waals surface area contributed by atoms with Crippen LogP contribution in [0, 0.1) is 0 Å². The summed E-state index contributed by atoms with van der Waals surface area (Å²) in [6.07, 6.45) is 3.29. The molecule has 0 fully saturated rings. The van der Waals surface area contributed by atoms with Crippen molar-refractivity contribution in [2.75, 3.05) is 5.32 Å². The summed E-state index contributed by atoms with van der Waals surface area (Å²) in [6, 6.07) is 13.1. The summed E-state index contributed by atoms with van der Waals surface area (Å²) in [5.74, 6) is -0.153. The quantitative estimate of drug-likeness (QED) is 0.488. The Morgan fingerprint density at radius 3 is 2.37 bits per heavy atom. The zero-order valence-electron chi connectivity index (χ0n) is 17.0. The number of anilines is 1. The van der Waals surface area contributed by atoms with Gasteiger partial charge in [-0.15, -0.1) is 0 Å². The monoisotopic (exact) mass is 466 g/mol. The predicted molar refractivity (Wildman–Crippen MR) is 122 cm³/mol. The molecule has 0 unspecified atom stereocenters. The highest BCUT2D eigenvalue weighted by molar-refractivity contribution is 9.10. The smallest absolute Gasteiger partial charge is 0.256 e. The predicted octanol–water partition coefficient (Wildman–Crippen LogP) is 5.29. The first-order chi connectivity index (χ1) is 14.4. The van der Waals surface area contributed by atoms with E-state index >= 15 is 0 Å². The number of nitrogens with one attached hydrogen (secondary N) is 1. The molecule has 2 aromatic carbocycles. The molecule has 5 nitrogen and oxygen atoms in total. The third-order valence-electron chi connectivity index (χ3n) is 4.92. The molecular formula is C24H23BrN2O3. The first kappa shape index (κ1) is 21.8. The van der Waals surface area contributed by atoms with Crippen LogP contribution in [0.5, 0.6) is 0 Å². The highest BCUT2D eigenvalue weighted by atomic mass is 79.9. The fourth-order valence-corrected chi connectivity index (χ4v) is 3.94. The lowest BCUT2D eigenvalue weighted by Gasteiger charge is -2.17. The Labute approximate surface area is 184 Å². The number of benzene rings is 2. The zero-order valence-corrected chi connectivity index (χ0v) is 18.6. The normalized spacial score (nSPS) is 10.8. The van der Waals surface area contributed by atoms with Gasteiger partial charge < -0.3 is 14.9 Å². The van der Waals surface area contributed by atoms with Crippen LogP contribution in [0.1, 0.15) is 48.2 Å². The summed E-state index contributed by atoms with van der Waals surface area (Å²) in [5, 5.41) is 3.92. The van der Waals surface area contributed by atoms with E-state index in [0.717, 1.165) is 21.0 Å². The standard InChI is InChI=1S/C24H23BrN2O3/c1-15(28)8-10-17-11-13-20(25)19(12-9-16(2)29)22(17)24(30)27-21-7-3-5-18-6-4-14-26-23(18)21/h3-7,11,13-14H,8-10,12H2,1-2H3,(H,27,30). The number of pyridine rings is 1. The van der Waals surface area contributed by atoms with Gasteiger partial charge in [-0.25, -0.2) is 0 Å². The van der Waals surface area contributed by atoms with Crippen molar-refractivity contribution in [1.29, 1.82) is 0 Å². The van der Waals surface area contributed by atoms with Crippen LogP contribution in [0.2, 0.25) is 0 Å². The second-order valence-corrected chi connectivity index (χ2v) is 8.15. The second kappa shape index (κ2) is 9.76. The molecule has 0 radical (unpaired) electrons. The van der Waals surface area contributed by atoms with Gasteiger partial charge in [0.2, 0.25) is 0 Å². The molecule has 0 bridgehead atoms. The van der Waals surface area contributed by atoms with Crippen LogP contribution in [-0.2, 0) is 22.4 Å². The second-order valence-electron chi connectivity index (χ2n) is 7.30. The van der Waals surface area contributed by atoms with Crippen LogP contribution in [0.3, 0.4) is 0 Å². The fourth-order valence-electron chi connectivity index (χ4n) is 3.41. The number of halogens is 1. The number of carbonyl (C=O) groups excluding carboxylic acids is 3. The van der Waals surface area contributed by atoms with Gasteiger partial charge in [-0.3, -0.25) is 9.78 Å². The van der Waals surface area contributed by atoms with E-state index in [4.69, 9.17) is 0 Å². The molecule has 0 aliphatic heterocycles. The minimum Gasteiger partial charge on any atom is -0.320 e. The largest absolute Gasteiger partial charge is 0.320 e. The van der Waals surface area contributed by atoms with E-state index in [-0.39, 0.29) is 17.5 Å². The molecular weight excluding hydrogens is 444 g/mol. The van der Waals surface area contributed by atoms with Gasteiger partial charge >= 0.3 is 0 Å². The van der Waals surface area contributed by atoms with Gasteiger partial charge in [-0.05, 0) is 56.0 Å². The van der Waals surface area contributed by atoms with Gasteiger partial charge in [0.15, 0.2) is 0 Å². The van der Waals surface area contributed by atoms with Crippen molar-refractivity contribution < 1.29 is 14.4 Å². The Morgan fingerprint density at radius 2 is 1.63 bits per heavy atom. The van der Waals surface area contributed by atoms with Crippen LogP contribution < -0.4 is 5.32 Å². The Morgan fingerprint density at radius 1 is 0.933 bits per heavy atom. The zero-order chi connectivity index (χ0) is 21.7.